The zero-order valence-corrected chi connectivity index (χ0v) is 13.1. The highest BCUT2D eigenvalue weighted by molar-refractivity contribution is 9.10. The van der Waals surface area contributed by atoms with E-state index in [2.05, 4.69) is 21.2 Å². The van der Waals surface area contributed by atoms with Crippen LogP contribution in [-0.4, -0.2) is 46.1 Å². The zero-order chi connectivity index (χ0) is 13.9. The number of halogens is 1. The van der Waals surface area contributed by atoms with Gasteiger partial charge in [0.05, 0.1) is 18.1 Å². The lowest BCUT2D eigenvalue weighted by Gasteiger charge is -2.26. The Balaban J connectivity index is 2.35. The van der Waals surface area contributed by atoms with Crippen LogP contribution in [0.25, 0.3) is 0 Å². The second-order valence-corrected chi connectivity index (χ2v) is 7.07. The first kappa shape index (κ1) is 14.9. The average molecular weight is 349 g/mol. The van der Waals surface area contributed by atoms with Crippen molar-refractivity contribution in [3.8, 4) is 0 Å². The standard InChI is InChI=1S/C12H17BrN2O3S/c1-14-9-10-2-3-11(13)12(8-10)19(16,17)15-4-6-18-7-5-15/h2-3,8,14H,4-7,9H2,1H3. The van der Waals surface area contributed by atoms with Gasteiger partial charge >= 0.3 is 0 Å². The molecule has 0 bridgehead atoms. The van der Waals surface area contributed by atoms with Crippen LogP contribution in [0, 0.1) is 0 Å². The minimum Gasteiger partial charge on any atom is -0.379 e. The number of benzene rings is 1. The minimum absolute atomic E-state index is 0.321. The molecule has 1 saturated heterocycles. The van der Waals surface area contributed by atoms with E-state index < -0.39 is 10.0 Å². The molecule has 0 unspecified atom stereocenters. The smallest absolute Gasteiger partial charge is 0.244 e. The predicted molar refractivity (Wildman–Crippen MR) is 76.5 cm³/mol. The van der Waals surface area contributed by atoms with Crippen LogP contribution in [0.1, 0.15) is 5.56 Å². The first-order valence-corrected chi connectivity index (χ1v) is 8.30. The Bertz CT molecular complexity index is 542. The summed E-state index contributed by atoms with van der Waals surface area (Å²) in [4.78, 5) is 0.321. The molecular formula is C12H17BrN2O3S. The molecule has 1 aromatic carbocycles. The Kier molecular flexibility index (Phi) is 4.97. The predicted octanol–water partition coefficient (Wildman–Crippen LogP) is 1.19. The molecule has 0 spiro atoms. The summed E-state index contributed by atoms with van der Waals surface area (Å²) in [5, 5.41) is 3.02. The van der Waals surface area contributed by atoms with Gasteiger partial charge in [-0.3, -0.25) is 0 Å². The van der Waals surface area contributed by atoms with Crippen LogP contribution in [0.4, 0.5) is 0 Å². The van der Waals surface area contributed by atoms with E-state index in [1.54, 1.807) is 12.1 Å². The molecule has 1 aliphatic heterocycles. The highest BCUT2D eigenvalue weighted by Gasteiger charge is 2.28. The summed E-state index contributed by atoms with van der Waals surface area (Å²) in [7, 11) is -1.62. The fraction of sp³-hybridized carbons (Fsp3) is 0.500. The van der Waals surface area contributed by atoms with Crippen molar-refractivity contribution in [1.82, 2.24) is 9.62 Å². The topological polar surface area (TPSA) is 58.6 Å². The number of nitrogens with one attached hydrogen (secondary N) is 1. The second-order valence-electron chi connectivity index (χ2n) is 4.31. The lowest BCUT2D eigenvalue weighted by molar-refractivity contribution is 0.0730. The average Bonchev–Trinajstić information content (AvgIpc) is 2.42. The molecule has 2 rings (SSSR count). The Morgan fingerprint density at radius 1 is 1.37 bits per heavy atom. The van der Waals surface area contributed by atoms with Crippen molar-refractivity contribution in [1.29, 1.82) is 0 Å². The van der Waals surface area contributed by atoms with Crippen molar-refractivity contribution >= 4 is 26.0 Å². The summed E-state index contributed by atoms with van der Waals surface area (Å²) in [6.07, 6.45) is 0. The van der Waals surface area contributed by atoms with E-state index in [0.717, 1.165) is 5.56 Å². The highest BCUT2D eigenvalue weighted by atomic mass is 79.9. The molecule has 0 amide bonds. The molecule has 1 heterocycles. The fourth-order valence-corrected chi connectivity index (χ4v) is 4.37. The largest absolute Gasteiger partial charge is 0.379 e. The molecule has 106 valence electrons. The van der Waals surface area contributed by atoms with E-state index in [1.807, 2.05) is 13.1 Å². The molecular weight excluding hydrogens is 332 g/mol. The van der Waals surface area contributed by atoms with Crippen molar-refractivity contribution in [3.05, 3.63) is 28.2 Å². The van der Waals surface area contributed by atoms with Gasteiger partial charge in [0.25, 0.3) is 0 Å². The van der Waals surface area contributed by atoms with Gasteiger partial charge < -0.3 is 10.1 Å². The van der Waals surface area contributed by atoms with Crippen molar-refractivity contribution < 1.29 is 13.2 Å². The number of rotatable bonds is 4. The number of hydrogen-bond donors (Lipinski definition) is 1. The number of ether oxygens (including phenoxy) is 1. The maximum absolute atomic E-state index is 12.6. The minimum atomic E-state index is -3.45. The molecule has 0 aromatic heterocycles. The van der Waals surface area contributed by atoms with Crippen LogP contribution in [0.2, 0.25) is 0 Å². The molecule has 1 fully saturated rings. The van der Waals surface area contributed by atoms with E-state index in [4.69, 9.17) is 4.74 Å². The first-order valence-electron chi connectivity index (χ1n) is 6.06. The Morgan fingerprint density at radius 3 is 2.68 bits per heavy atom. The Labute approximate surface area is 122 Å². The van der Waals surface area contributed by atoms with Gasteiger partial charge in [0.15, 0.2) is 0 Å². The van der Waals surface area contributed by atoms with Gasteiger partial charge in [-0.15, -0.1) is 0 Å². The summed E-state index contributed by atoms with van der Waals surface area (Å²) < 4.78 is 32.4. The van der Waals surface area contributed by atoms with Crippen molar-refractivity contribution in [2.45, 2.75) is 11.4 Å². The number of sulfonamides is 1. The van der Waals surface area contributed by atoms with Gasteiger partial charge in [-0.25, -0.2) is 8.42 Å². The maximum atomic E-state index is 12.6. The molecule has 1 N–H and O–H groups in total. The molecule has 19 heavy (non-hydrogen) atoms. The van der Waals surface area contributed by atoms with Crippen LogP contribution in [0.3, 0.4) is 0 Å². The van der Waals surface area contributed by atoms with E-state index in [0.29, 0.717) is 42.2 Å². The normalized spacial score (nSPS) is 17.6. The third-order valence-corrected chi connectivity index (χ3v) is 5.86. The first-order chi connectivity index (χ1) is 9.05. The fourth-order valence-electron chi connectivity index (χ4n) is 1.99. The van der Waals surface area contributed by atoms with Gasteiger partial charge in [0, 0.05) is 24.1 Å². The monoisotopic (exact) mass is 348 g/mol. The van der Waals surface area contributed by atoms with Crippen molar-refractivity contribution in [2.75, 3.05) is 33.4 Å². The van der Waals surface area contributed by atoms with Crippen LogP contribution in [0.15, 0.2) is 27.6 Å². The third kappa shape index (κ3) is 3.35. The third-order valence-electron chi connectivity index (χ3n) is 2.96. The lowest BCUT2D eigenvalue weighted by atomic mass is 10.2. The van der Waals surface area contributed by atoms with E-state index in [9.17, 15) is 8.42 Å². The van der Waals surface area contributed by atoms with Gasteiger partial charge in [0.1, 0.15) is 0 Å². The molecule has 1 aliphatic rings. The molecule has 0 radical (unpaired) electrons. The molecule has 5 nitrogen and oxygen atoms in total. The van der Waals surface area contributed by atoms with Crippen LogP contribution < -0.4 is 5.32 Å². The quantitative estimate of drug-likeness (QED) is 0.887. The van der Waals surface area contributed by atoms with Gasteiger partial charge in [0.2, 0.25) is 10.0 Å². The molecule has 0 saturated carbocycles. The van der Waals surface area contributed by atoms with Gasteiger partial charge in [-0.2, -0.15) is 4.31 Å². The number of morpholine rings is 1. The van der Waals surface area contributed by atoms with Crippen molar-refractivity contribution in [2.24, 2.45) is 0 Å². The second kappa shape index (κ2) is 6.32. The molecule has 7 heteroatoms. The SMILES string of the molecule is CNCc1ccc(Br)c(S(=O)(=O)N2CCOCC2)c1. The highest BCUT2D eigenvalue weighted by Crippen LogP contribution is 2.26. The maximum Gasteiger partial charge on any atom is 0.244 e. The zero-order valence-electron chi connectivity index (χ0n) is 10.7. The summed E-state index contributed by atoms with van der Waals surface area (Å²) in [6, 6.07) is 5.39. The molecule has 0 aliphatic carbocycles. The summed E-state index contributed by atoms with van der Waals surface area (Å²) in [6.45, 7) is 2.36. The van der Waals surface area contributed by atoms with Gasteiger partial charge in [-0.05, 0) is 40.7 Å². The van der Waals surface area contributed by atoms with Crippen LogP contribution in [0.5, 0.6) is 0 Å². The number of nitrogens with zero attached hydrogens (tertiary/aromatic N) is 1. The van der Waals surface area contributed by atoms with Crippen LogP contribution in [-0.2, 0) is 21.3 Å². The summed E-state index contributed by atoms with van der Waals surface area (Å²) in [5.74, 6) is 0. The van der Waals surface area contributed by atoms with Crippen LogP contribution >= 0.6 is 15.9 Å². The lowest BCUT2D eigenvalue weighted by Crippen LogP contribution is -2.40. The van der Waals surface area contributed by atoms with E-state index >= 15 is 0 Å². The summed E-state index contributed by atoms with van der Waals surface area (Å²) >= 11 is 3.33. The molecule has 1 aromatic rings. The summed E-state index contributed by atoms with van der Waals surface area (Å²) in [5.41, 5.74) is 0.942. The van der Waals surface area contributed by atoms with E-state index in [1.165, 1.54) is 4.31 Å². The number of hydrogen-bond acceptors (Lipinski definition) is 4. The Morgan fingerprint density at radius 2 is 2.05 bits per heavy atom. The Hall–Kier alpha value is -0.470. The van der Waals surface area contributed by atoms with Gasteiger partial charge in [-0.1, -0.05) is 6.07 Å². The molecule has 0 atom stereocenters. The van der Waals surface area contributed by atoms with Crippen molar-refractivity contribution in [3.63, 3.8) is 0 Å². The van der Waals surface area contributed by atoms with E-state index in [-0.39, 0.29) is 0 Å².